The molecule has 2 N–H and O–H groups in total. The van der Waals surface area contributed by atoms with E-state index < -0.39 is 0 Å². The highest BCUT2D eigenvalue weighted by Crippen LogP contribution is 2.25. The van der Waals surface area contributed by atoms with Gasteiger partial charge in [-0.05, 0) is 49.9 Å². The Morgan fingerprint density at radius 1 is 1.42 bits per heavy atom. The van der Waals surface area contributed by atoms with E-state index in [9.17, 15) is 4.79 Å². The molecule has 26 heavy (non-hydrogen) atoms. The molecule has 7 heteroatoms. The monoisotopic (exact) mass is 357 g/mol. The number of piperidine rings is 1. The Kier molecular flexibility index (Phi) is 6.60. The number of nitrogens with one attached hydrogen (secondary N) is 2. The van der Waals surface area contributed by atoms with E-state index in [1.807, 2.05) is 24.3 Å². The topological polar surface area (TPSA) is 81.1 Å². The summed E-state index contributed by atoms with van der Waals surface area (Å²) in [6.45, 7) is 5.42. The van der Waals surface area contributed by atoms with Gasteiger partial charge in [0.1, 0.15) is 25.0 Å². The van der Waals surface area contributed by atoms with Crippen LogP contribution in [0.1, 0.15) is 26.2 Å². The molecule has 0 saturated carbocycles. The fourth-order valence-corrected chi connectivity index (χ4v) is 3.35. The molecule has 1 amide bonds. The molecule has 0 radical (unpaired) electrons. The van der Waals surface area contributed by atoms with Crippen LogP contribution in [0.3, 0.4) is 0 Å². The zero-order chi connectivity index (χ0) is 18.2. The van der Waals surface area contributed by atoms with E-state index in [2.05, 4.69) is 27.6 Å². The third-order valence-electron chi connectivity index (χ3n) is 4.87. The van der Waals surface area contributed by atoms with Crippen molar-refractivity contribution in [3.63, 3.8) is 0 Å². The summed E-state index contributed by atoms with van der Waals surface area (Å²) >= 11 is 0. The molecule has 1 aromatic carbocycles. The Morgan fingerprint density at radius 2 is 2.27 bits per heavy atom. The normalized spacial score (nSPS) is 16.2. The lowest BCUT2D eigenvalue weighted by Gasteiger charge is -2.27. The molecule has 140 valence electrons. The molecule has 1 aliphatic heterocycles. The molecule has 1 aromatic heterocycles. The molecule has 3 rings (SSSR count). The fraction of sp³-hybridized carbons (Fsp3) is 0.526. The number of aromatic nitrogens is 3. The van der Waals surface area contributed by atoms with Crippen LogP contribution in [0.15, 0.2) is 36.9 Å². The van der Waals surface area contributed by atoms with Crippen LogP contribution in [0.25, 0.3) is 0 Å². The predicted octanol–water partition coefficient (Wildman–Crippen LogP) is 2.32. The summed E-state index contributed by atoms with van der Waals surface area (Å²) in [7, 11) is 0. The van der Waals surface area contributed by atoms with Gasteiger partial charge in [-0.15, -0.1) is 0 Å². The lowest BCUT2D eigenvalue weighted by Crippen LogP contribution is -2.32. The standard InChI is InChI=1S/C19H27N5O2/c1-15(16-5-7-20-8-6-16)11-19(25)23-17-3-2-4-18(12-17)26-10-9-24-14-21-13-22-24/h2-4,12-16,20H,5-11H2,1H3,(H,23,25). The Bertz CT molecular complexity index is 683. The zero-order valence-corrected chi connectivity index (χ0v) is 15.2. The summed E-state index contributed by atoms with van der Waals surface area (Å²) in [6.07, 6.45) is 6.03. The Hall–Kier alpha value is -2.41. The number of rotatable bonds is 8. The molecule has 7 nitrogen and oxygen atoms in total. The maximum atomic E-state index is 12.4. The summed E-state index contributed by atoms with van der Waals surface area (Å²) < 4.78 is 7.45. The van der Waals surface area contributed by atoms with Crippen molar-refractivity contribution in [2.45, 2.75) is 32.7 Å². The predicted molar refractivity (Wildman–Crippen MR) is 100.0 cm³/mol. The van der Waals surface area contributed by atoms with Gasteiger partial charge in [0.25, 0.3) is 0 Å². The van der Waals surface area contributed by atoms with E-state index in [1.165, 1.54) is 6.33 Å². The number of ether oxygens (including phenoxy) is 1. The Labute approximate surface area is 154 Å². The highest BCUT2D eigenvalue weighted by Gasteiger charge is 2.22. The average Bonchev–Trinajstić information content (AvgIpc) is 3.16. The van der Waals surface area contributed by atoms with E-state index in [0.717, 1.165) is 37.4 Å². The van der Waals surface area contributed by atoms with Crippen LogP contribution in [0.4, 0.5) is 5.69 Å². The lowest BCUT2D eigenvalue weighted by molar-refractivity contribution is -0.117. The van der Waals surface area contributed by atoms with Crippen LogP contribution in [-0.2, 0) is 11.3 Å². The molecule has 2 aromatic rings. The van der Waals surface area contributed by atoms with Gasteiger partial charge < -0.3 is 15.4 Å². The van der Waals surface area contributed by atoms with E-state index in [4.69, 9.17) is 4.74 Å². The van der Waals surface area contributed by atoms with Gasteiger partial charge in [-0.1, -0.05) is 13.0 Å². The first-order valence-electron chi connectivity index (χ1n) is 9.26. The minimum Gasteiger partial charge on any atom is -0.492 e. The van der Waals surface area contributed by atoms with Crippen LogP contribution >= 0.6 is 0 Å². The van der Waals surface area contributed by atoms with E-state index in [1.54, 1.807) is 11.0 Å². The molecule has 0 bridgehead atoms. The third kappa shape index (κ3) is 5.56. The number of carbonyl (C=O) groups excluding carboxylic acids is 1. The molecule has 2 heterocycles. The molecule has 1 saturated heterocycles. The number of hydrogen-bond donors (Lipinski definition) is 2. The maximum absolute atomic E-state index is 12.4. The van der Waals surface area contributed by atoms with E-state index >= 15 is 0 Å². The van der Waals surface area contributed by atoms with E-state index in [0.29, 0.717) is 31.4 Å². The quantitative estimate of drug-likeness (QED) is 0.758. The number of nitrogens with zero attached hydrogens (tertiary/aromatic N) is 3. The lowest BCUT2D eigenvalue weighted by atomic mass is 9.84. The molecule has 1 aliphatic rings. The summed E-state index contributed by atoms with van der Waals surface area (Å²) in [5.74, 6) is 1.83. The van der Waals surface area contributed by atoms with Gasteiger partial charge in [0.05, 0.1) is 6.54 Å². The molecule has 1 fully saturated rings. The highest BCUT2D eigenvalue weighted by atomic mass is 16.5. The van der Waals surface area contributed by atoms with Crippen molar-refractivity contribution in [2.75, 3.05) is 25.0 Å². The van der Waals surface area contributed by atoms with Gasteiger partial charge >= 0.3 is 0 Å². The minimum absolute atomic E-state index is 0.0656. The van der Waals surface area contributed by atoms with Crippen molar-refractivity contribution in [3.05, 3.63) is 36.9 Å². The van der Waals surface area contributed by atoms with Crippen LogP contribution in [0.2, 0.25) is 0 Å². The molecule has 0 spiro atoms. The van der Waals surface area contributed by atoms with Crippen LogP contribution in [0.5, 0.6) is 5.75 Å². The van der Waals surface area contributed by atoms with Crippen molar-refractivity contribution in [3.8, 4) is 5.75 Å². The van der Waals surface area contributed by atoms with Crippen molar-refractivity contribution < 1.29 is 9.53 Å². The zero-order valence-electron chi connectivity index (χ0n) is 15.2. The van der Waals surface area contributed by atoms with Gasteiger partial charge in [-0.2, -0.15) is 5.10 Å². The number of amides is 1. The molecule has 0 aliphatic carbocycles. The second kappa shape index (κ2) is 9.33. The molecular weight excluding hydrogens is 330 g/mol. The highest BCUT2D eigenvalue weighted by molar-refractivity contribution is 5.91. The van der Waals surface area contributed by atoms with Crippen molar-refractivity contribution in [2.24, 2.45) is 11.8 Å². The smallest absolute Gasteiger partial charge is 0.224 e. The summed E-state index contributed by atoms with van der Waals surface area (Å²) in [6, 6.07) is 7.51. The maximum Gasteiger partial charge on any atom is 0.224 e. The van der Waals surface area contributed by atoms with Gasteiger partial charge in [0.2, 0.25) is 5.91 Å². The summed E-state index contributed by atoms with van der Waals surface area (Å²) in [5.41, 5.74) is 0.769. The van der Waals surface area contributed by atoms with Gasteiger partial charge in [-0.3, -0.25) is 4.79 Å². The number of carbonyl (C=O) groups is 1. The number of anilines is 1. The van der Waals surface area contributed by atoms with Crippen LogP contribution in [0, 0.1) is 11.8 Å². The second-order valence-corrected chi connectivity index (χ2v) is 6.85. The molecule has 1 atom stereocenters. The van der Waals surface area contributed by atoms with Crippen molar-refractivity contribution >= 4 is 11.6 Å². The largest absolute Gasteiger partial charge is 0.492 e. The molecule has 1 unspecified atom stereocenters. The first-order valence-corrected chi connectivity index (χ1v) is 9.26. The van der Waals surface area contributed by atoms with Gasteiger partial charge in [0.15, 0.2) is 0 Å². The average molecular weight is 357 g/mol. The third-order valence-corrected chi connectivity index (χ3v) is 4.87. The Balaban J connectivity index is 1.45. The van der Waals surface area contributed by atoms with Gasteiger partial charge in [0, 0.05) is 18.2 Å². The first kappa shape index (κ1) is 18.4. The number of benzene rings is 1. The SMILES string of the molecule is CC(CC(=O)Nc1cccc(OCCn2cncn2)c1)C1CCNCC1. The van der Waals surface area contributed by atoms with E-state index in [-0.39, 0.29) is 5.91 Å². The minimum atomic E-state index is 0.0656. The van der Waals surface area contributed by atoms with Crippen molar-refractivity contribution in [1.29, 1.82) is 0 Å². The number of hydrogen-bond acceptors (Lipinski definition) is 5. The van der Waals surface area contributed by atoms with Crippen molar-refractivity contribution in [1.82, 2.24) is 20.1 Å². The first-order chi connectivity index (χ1) is 12.7. The van der Waals surface area contributed by atoms with Gasteiger partial charge in [-0.25, -0.2) is 9.67 Å². The van der Waals surface area contributed by atoms with Crippen LogP contribution in [-0.4, -0.2) is 40.4 Å². The van der Waals surface area contributed by atoms with Crippen LogP contribution < -0.4 is 15.4 Å². The second-order valence-electron chi connectivity index (χ2n) is 6.85. The summed E-state index contributed by atoms with van der Waals surface area (Å²) in [4.78, 5) is 16.3. The molecular formula is C19H27N5O2. The Morgan fingerprint density at radius 3 is 3.04 bits per heavy atom. The fourth-order valence-electron chi connectivity index (χ4n) is 3.35. The summed E-state index contributed by atoms with van der Waals surface area (Å²) in [5, 5.41) is 10.4.